The van der Waals surface area contributed by atoms with E-state index in [-0.39, 0.29) is 36.7 Å². The Kier molecular flexibility index (Phi) is 7.81. The van der Waals surface area contributed by atoms with Gasteiger partial charge in [0.2, 0.25) is 0 Å². The standard InChI is InChI=1S/C14H20FN5O.2ClH/c15-12-11-17-2-1-13(12)18-7-9-20(10-8-18)14(21)19-5-3-16-4-6-19;;/h1-2,11,16H,3-10H2;2*1H. The largest absolute Gasteiger partial charge is 0.366 e. The van der Waals surface area contributed by atoms with E-state index in [2.05, 4.69) is 10.3 Å². The zero-order valence-corrected chi connectivity index (χ0v) is 14.4. The Hall–Kier alpha value is -1.31. The number of urea groups is 1. The number of nitrogens with one attached hydrogen (secondary N) is 1. The summed E-state index contributed by atoms with van der Waals surface area (Å²) in [7, 11) is 0. The molecule has 1 aromatic heterocycles. The molecule has 0 aromatic carbocycles. The van der Waals surface area contributed by atoms with Crippen LogP contribution in [0.5, 0.6) is 0 Å². The second kappa shape index (κ2) is 9.10. The number of piperazine rings is 2. The summed E-state index contributed by atoms with van der Waals surface area (Å²) in [6.07, 6.45) is 2.82. The van der Waals surface area contributed by atoms with Gasteiger partial charge in [0.15, 0.2) is 5.82 Å². The maximum absolute atomic E-state index is 13.7. The molecule has 0 aliphatic carbocycles. The molecular formula is C14H22Cl2FN5O. The number of aromatic nitrogens is 1. The van der Waals surface area contributed by atoms with E-state index < -0.39 is 0 Å². The van der Waals surface area contributed by atoms with Crippen LogP contribution in [0.3, 0.4) is 0 Å². The molecule has 0 bridgehead atoms. The predicted molar refractivity (Wildman–Crippen MR) is 92.3 cm³/mol. The average molecular weight is 366 g/mol. The second-order valence-corrected chi connectivity index (χ2v) is 5.32. The lowest BCUT2D eigenvalue weighted by molar-refractivity contribution is 0.144. The quantitative estimate of drug-likeness (QED) is 0.812. The zero-order chi connectivity index (χ0) is 14.7. The van der Waals surface area contributed by atoms with E-state index in [0.717, 1.165) is 26.2 Å². The Morgan fingerprint density at radius 2 is 1.65 bits per heavy atom. The maximum atomic E-state index is 13.7. The Labute approximate surface area is 147 Å². The molecule has 1 N–H and O–H groups in total. The van der Waals surface area contributed by atoms with Gasteiger partial charge in [0.1, 0.15) is 0 Å². The van der Waals surface area contributed by atoms with Crippen molar-refractivity contribution in [2.75, 3.05) is 57.3 Å². The molecule has 2 amide bonds. The third-order valence-electron chi connectivity index (χ3n) is 4.03. The molecule has 0 atom stereocenters. The molecule has 2 aliphatic heterocycles. The van der Waals surface area contributed by atoms with Crippen LogP contribution in [0.25, 0.3) is 0 Å². The van der Waals surface area contributed by atoms with E-state index in [4.69, 9.17) is 0 Å². The number of carbonyl (C=O) groups excluding carboxylic acids is 1. The van der Waals surface area contributed by atoms with Crippen molar-refractivity contribution >= 4 is 36.5 Å². The van der Waals surface area contributed by atoms with Gasteiger partial charge in [0.05, 0.1) is 11.9 Å². The Bertz CT molecular complexity index is 508. The van der Waals surface area contributed by atoms with E-state index in [1.807, 2.05) is 14.7 Å². The number of rotatable bonds is 1. The van der Waals surface area contributed by atoms with Gasteiger partial charge in [-0.25, -0.2) is 9.18 Å². The van der Waals surface area contributed by atoms with Crippen molar-refractivity contribution in [1.29, 1.82) is 0 Å². The maximum Gasteiger partial charge on any atom is 0.320 e. The van der Waals surface area contributed by atoms with Gasteiger partial charge in [-0.3, -0.25) is 4.98 Å². The Morgan fingerprint density at radius 1 is 1.04 bits per heavy atom. The van der Waals surface area contributed by atoms with Crippen LogP contribution in [-0.2, 0) is 0 Å². The molecule has 0 spiro atoms. The summed E-state index contributed by atoms with van der Waals surface area (Å²) in [5.41, 5.74) is 0.569. The normalized spacial score (nSPS) is 18.0. The van der Waals surface area contributed by atoms with Gasteiger partial charge in [-0.1, -0.05) is 0 Å². The number of anilines is 1. The summed E-state index contributed by atoms with van der Waals surface area (Å²) in [6.45, 7) is 5.80. The highest BCUT2D eigenvalue weighted by molar-refractivity contribution is 5.85. The van der Waals surface area contributed by atoms with Gasteiger partial charge in [-0.05, 0) is 6.07 Å². The molecule has 9 heteroatoms. The first-order chi connectivity index (χ1) is 10.3. The lowest BCUT2D eigenvalue weighted by Gasteiger charge is -2.39. The van der Waals surface area contributed by atoms with E-state index in [1.54, 1.807) is 12.3 Å². The highest BCUT2D eigenvalue weighted by Crippen LogP contribution is 2.19. The number of amides is 2. The summed E-state index contributed by atoms with van der Waals surface area (Å²) in [5.74, 6) is -0.306. The van der Waals surface area contributed by atoms with Gasteiger partial charge in [-0.15, -0.1) is 24.8 Å². The van der Waals surface area contributed by atoms with Crippen LogP contribution in [0.1, 0.15) is 0 Å². The number of hydrogen-bond donors (Lipinski definition) is 1. The lowest BCUT2D eigenvalue weighted by Crippen LogP contribution is -2.56. The van der Waals surface area contributed by atoms with Crippen LogP contribution in [0.15, 0.2) is 18.5 Å². The van der Waals surface area contributed by atoms with Crippen molar-refractivity contribution in [2.45, 2.75) is 0 Å². The fourth-order valence-corrected chi connectivity index (χ4v) is 2.82. The van der Waals surface area contributed by atoms with Crippen LogP contribution in [0, 0.1) is 5.82 Å². The van der Waals surface area contributed by atoms with E-state index in [9.17, 15) is 9.18 Å². The molecule has 2 fully saturated rings. The summed E-state index contributed by atoms with van der Waals surface area (Å²) in [4.78, 5) is 21.9. The van der Waals surface area contributed by atoms with Crippen molar-refractivity contribution in [3.8, 4) is 0 Å². The summed E-state index contributed by atoms with van der Waals surface area (Å²) in [5, 5.41) is 3.24. The minimum Gasteiger partial charge on any atom is -0.366 e. The number of hydrogen-bond acceptors (Lipinski definition) is 4. The average Bonchev–Trinajstić information content (AvgIpc) is 2.56. The van der Waals surface area contributed by atoms with Crippen LogP contribution in [0.4, 0.5) is 14.9 Å². The molecule has 0 unspecified atom stereocenters. The molecule has 130 valence electrons. The first kappa shape index (κ1) is 19.7. The van der Waals surface area contributed by atoms with Gasteiger partial charge in [-0.2, -0.15) is 0 Å². The van der Waals surface area contributed by atoms with Crippen LogP contribution in [-0.4, -0.2) is 73.2 Å². The van der Waals surface area contributed by atoms with Crippen molar-refractivity contribution < 1.29 is 9.18 Å². The van der Waals surface area contributed by atoms with Crippen molar-refractivity contribution in [1.82, 2.24) is 20.1 Å². The molecule has 0 saturated carbocycles. The third-order valence-corrected chi connectivity index (χ3v) is 4.03. The monoisotopic (exact) mass is 365 g/mol. The third kappa shape index (κ3) is 4.59. The first-order valence-electron chi connectivity index (χ1n) is 7.35. The van der Waals surface area contributed by atoms with Crippen LogP contribution >= 0.6 is 24.8 Å². The highest BCUT2D eigenvalue weighted by Gasteiger charge is 2.26. The topological polar surface area (TPSA) is 51.7 Å². The fourth-order valence-electron chi connectivity index (χ4n) is 2.82. The molecule has 6 nitrogen and oxygen atoms in total. The predicted octanol–water partition coefficient (Wildman–Crippen LogP) is 1.21. The van der Waals surface area contributed by atoms with Crippen LogP contribution in [0.2, 0.25) is 0 Å². The summed E-state index contributed by atoms with van der Waals surface area (Å²) in [6, 6.07) is 1.79. The number of carbonyl (C=O) groups is 1. The lowest BCUT2D eigenvalue weighted by atomic mass is 10.2. The van der Waals surface area contributed by atoms with Gasteiger partial charge in [0, 0.05) is 58.6 Å². The summed E-state index contributed by atoms with van der Waals surface area (Å²) >= 11 is 0. The van der Waals surface area contributed by atoms with Crippen molar-refractivity contribution in [3.63, 3.8) is 0 Å². The van der Waals surface area contributed by atoms with Crippen molar-refractivity contribution in [3.05, 3.63) is 24.3 Å². The molecule has 2 aliphatic rings. The van der Waals surface area contributed by atoms with E-state index >= 15 is 0 Å². The van der Waals surface area contributed by atoms with Crippen molar-refractivity contribution in [2.24, 2.45) is 0 Å². The highest BCUT2D eigenvalue weighted by atomic mass is 35.5. The SMILES string of the molecule is Cl.Cl.O=C(N1CCNCC1)N1CCN(c2ccncc2F)CC1. The first-order valence-corrected chi connectivity index (χ1v) is 7.35. The van der Waals surface area contributed by atoms with Crippen LogP contribution < -0.4 is 10.2 Å². The zero-order valence-electron chi connectivity index (χ0n) is 12.8. The molecular weight excluding hydrogens is 344 g/mol. The fraction of sp³-hybridized carbons (Fsp3) is 0.571. The molecule has 23 heavy (non-hydrogen) atoms. The second-order valence-electron chi connectivity index (χ2n) is 5.32. The van der Waals surface area contributed by atoms with Gasteiger partial charge < -0.3 is 20.0 Å². The van der Waals surface area contributed by atoms with Gasteiger partial charge in [0.25, 0.3) is 0 Å². The number of pyridine rings is 1. The number of halogens is 3. The smallest absolute Gasteiger partial charge is 0.320 e. The van der Waals surface area contributed by atoms with E-state index in [0.29, 0.717) is 31.9 Å². The molecule has 3 heterocycles. The van der Waals surface area contributed by atoms with Gasteiger partial charge >= 0.3 is 6.03 Å². The Balaban J connectivity index is 0.00000132. The number of nitrogens with zero attached hydrogens (tertiary/aromatic N) is 4. The molecule has 1 aromatic rings. The minimum absolute atomic E-state index is 0. The summed E-state index contributed by atoms with van der Waals surface area (Å²) < 4.78 is 13.7. The minimum atomic E-state index is -0.306. The molecule has 2 saturated heterocycles. The Morgan fingerprint density at radius 3 is 2.26 bits per heavy atom. The molecule has 3 rings (SSSR count). The molecule has 0 radical (unpaired) electrons. The van der Waals surface area contributed by atoms with E-state index in [1.165, 1.54) is 6.20 Å².